The number of benzene rings is 1. The van der Waals surface area contributed by atoms with Crippen LogP contribution in [0.2, 0.25) is 0 Å². The molecular formula is C19H29NO4. The number of amides is 1. The van der Waals surface area contributed by atoms with Crippen LogP contribution in [-0.2, 0) is 15.9 Å². The molecule has 1 aromatic rings. The predicted molar refractivity (Wildman–Crippen MR) is 95.7 cm³/mol. The van der Waals surface area contributed by atoms with E-state index >= 15 is 0 Å². The van der Waals surface area contributed by atoms with Crippen LogP contribution in [0, 0.1) is 0 Å². The van der Waals surface area contributed by atoms with Crippen LogP contribution >= 0.6 is 0 Å². The van der Waals surface area contributed by atoms with E-state index in [4.69, 9.17) is 9.47 Å². The smallest absolute Gasteiger partial charge is 0.407 e. The Balaban J connectivity index is 2.67. The number of carbonyl (C=O) groups excluding carboxylic acids is 1. The van der Waals surface area contributed by atoms with E-state index in [1.165, 1.54) is 0 Å². The van der Waals surface area contributed by atoms with Crippen molar-refractivity contribution in [1.29, 1.82) is 0 Å². The average Bonchev–Trinajstić information content (AvgIpc) is 2.46. The van der Waals surface area contributed by atoms with Crippen molar-refractivity contribution in [3.8, 4) is 0 Å². The molecule has 0 bridgehead atoms. The van der Waals surface area contributed by atoms with Crippen molar-refractivity contribution >= 4 is 11.9 Å². The lowest BCUT2D eigenvalue weighted by molar-refractivity contribution is 0.0497. The maximum Gasteiger partial charge on any atom is 0.407 e. The Hall–Kier alpha value is -2.01. The van der Waals surface area contributed by atoms with E-state index in [2.05, 4.69) is 11.9 Å². The van der Waals surface area contributed by atoms with Gasteiger partial charge >= 0.3 is 6.09 Å². The first-order chi connectivity index (χ1) is 11.2. The molecule has 0 radical (unpaired) electrons. The highest BCUT2D eigenvalue weighted by Crippen LogP contribution is 2.16. The normalized spacial score (nSPS) is 12.4. The minimum atomic E-state index is -0.546. The molecule has 1 amide bonds. The summed E-state index contributed by atoms with van der Waals surface area (Å²) in [6.07, 6.45) is 0.607. The van der Waals surface area contributed by atoms with E-state index in [-0.39, 0.29) is 12.6 Å². The fraction of sp³-hybridized carbons (Fsp3) is 0.526. The Morgan fingerprint density at radius 1 is 1.29 bits per heavy atom. The molecule has 5 heteroatoms. The molecule has 0 heterocycles. The number of carbonyl (C=O) groups is 1. The summed E-state index contributed by atoms with van der Waals surface area (Å²) in [5.41, 5.74) is 1.44. The number of hydrogen-bond acceptors (Lipinski definition) is 4. The van der Waals surface area contributed by atoms with Crippen LogP contribution < -0.4 is 5.32 Å². The molecule has 134 valence electrons. The van der Waals surface area contributed by atoms with Gasteiger partial charge in [0.1, 0.15) is 11.4 Å². The second kappa shape index (κ2) is 9.33. The average molecular weight is 335 g/mol. The second-order valence-corrected chi connectivity index (χ2v) is 6.61. The zero-order valence-corrected chi connectivity index (χ0v) is 15.1. The fourth-order valence-corrected chi connectivity index (χ4v) is 2.22. The van der Waals surface area contributed by atoms with Crippen LogP contribution in [0.15, 0.2) is 30.8 Å². The fourth-order valence-electron chi connectivity index (χ4n) is 2.22. The molecule has 1 atom stereocenters. The van der Waals surface area contributed by atoms with Crippen LogP contribution in [-0.4, -0.2) is 36.1 Å². The monoisotopic (exact) mass is 335 g/mol. The summed E-state index contributed by atoms with van der Waals surface area (Å²) in [7, 11) is 0. The van der Waals surface area contributed by atoms with E-state index in [0.29, 0.717) is 25.2 Å². The first-order valence-corrected chi connectivity index (χ1v) is 8.26. The topological polar surface area (TPSA) is 67.8 Å². The predicted octanol–water partition coefficient (Wildman–Crippen LogP) is 3.51. The van der Waals surface area contributed by atoms with Gasteiger partial charge in [-0.1, -0.05) is 30.8 Å². The van der Waals surface area contributed by atoms with Gasteiger partial charge in [-0.2, -0.15) is 0 Å². The molecule has 0 aromatic heterocycles. The van der Waals surface area contributed by atoms with Gasteiger partial charge in [-0.25, -0.2) is 4.79 Å². The summed E-state index contributed by atoms with van der Waals surface area (Å²) in [6, 6.07) is 7.64. The van der Waals surface area contributed by atoms with Crippen molar-refractivity contribution in [2.75, 3.05) is 13.2 Å². The zero-order chi connectivity index (χ0) is 18.2. The summed E-state index contributed by atoms with van der Waals surface area (Å²) in [4.78, 5) is 11.9. The van der Waals surface area contributed by atoms with Crippen molar-refractivity contribution in [3.05, 3.63) is 42.0 Å². The molecule has 1 rings (SSSR count). The summed E-state index contributed by atoms with van der Waals surface area (Å²) in [6.45, 7) is 11.8. The van der Waals surface area contributed by atoms with Crippen LogP contribution in [0.25, 0.3) is 5.76 Å². The Morgan fingerprint density at radius 2 is 1.92 bits per heavy atom. The first kappa shape index (κ1) is 20.0. The molecule has 0 fully saturated rings. The molecule has 0 aliphatic heterocycles. The number of rotatable bonds is 8. The van der Waals surface area contributed by atoms with E-state index in [1.807, 2.05) is 52.0 Å². The van der Waals surface area contributed by atoms with Crippen molar-refractivity contribution in [1.82, 2.24) is 5.32 Å². The van der Waals surface area contributed by atoms with Crippen molar-refractivity contribution in [2.24, 2.45) is 0 Å². The quantitative estimate of drug-likeness (QED) is 0.713. The van der Waals surface area contributed by atoms with Crippen LogP contribution in [0.4, 0.5) is 4.79 Å². The SMILES string of the molecule is C=C(OCC)c1ccc(CC(CCO)NC(=O)OC(C)(C)C)cc1. The van der Waals surface area contributed by atoms with Gasteiger partial charge in [0.25, 0.3) is 0 Å². The molecule has 5 nitrogen and oxygen atoms in total. The Labute approximate surface area is 144 Å². The maximum absolute atomic E-state index is 11.9. The highest BCUT2D eigenvalue weighted by atomic mass is 16.6. The van der Waals surface area contributed by atoms with E-state index < -0.39 is 11.7 Å². The number of aliphatic hydroxyl groups is 1. The highest BCUT2D eigenvalue weighted by molar-refractivity contribution is 5.68. The summed E-state index contributed by atoms with van der Waals surface area (Å²) < 4.78 is 10.7. The summed E-state index contributed by atoms with van der Waals surface area (Å²) in [5, 5.41) is 12.0. The Morgan fingerprint density at radius 3 is 2.42 bits per heavy atom. The highest BCUT2D eigenvalue weighted by Gasteiger charge is 2.19. The van der Waals surface area contributed by atoms with E-state index in [0.717, 1.165) is 11.1 Å². The number of alkyl carbamates (subject to hydrolysis) is 1. The molecule has 2 N–H and O–H groups in total. The molecule has 0 saturated heterocycles. The third-order valence-corrected chi connectivity index (χ3v) is 3.28. The molecule has 1 aromatic carbocycles. The van der Waals surface area contributed by atoms with Gasteiger partial charge in [0, 0.05) is 18.2 Å². The molecule has 1 unspecified atom stereocenters. The molecule has 0 saturated carbocycles. The summed E-state index contributed by atoms with van der Waals surface area (Å²) >= 11 is 0. The summed E-state index contributed by atoms with van der Waals surface area (Å²) in [5.74, 6) is 0.642. The minimum Gasteiger partial charge on any atom is -0.494 e. The van der Waals surface area contributed by atoms with E-state index in [1.54, 1.807) is 0 Å². The van der Waals surface area contributed by atoms with Crippen LogP contribution in [0.1, 0.15) is 45.2 Å². The van der Waals surface area contributed by atoms with Gasteiger partial charge in [0.15, 0.2) is 0 Å². The molecule has 0 aliphatic carbocycles. The minimum absolute atomic E-state index is 0.000304. The standard InChI is InChI=1S/C19H29NO4/c1-6-23-14(2)16-9-7-15(8-10-16)13-17(11-12-21)20-18(22)24-19(3,4)5/h7-10,17,21H,2,6,11-13H2,1,3-5H3,(H,20,22). The lowest BCUT2D eigenvalue weighted by atomic mass is 10.0. The molecular weight excluding hydrogens is 306 g/mol. The molecule has 24 heavy (non-hydrogen) atoms. The van der Waals surface area contributed by atoms with Gasteiger partial charge < -0.3 is 19.9 Å². The second-order valence-electron chi connectivity index (χ2n) is 6.61. The van der Waals surface area contributed by atoms with Crippen molar-refractivity contribution < 1.29 is 19.4 Å². The molecule has 0 spiro atoms. The van der Waals surface area contributed by atoms with Crippen LogP contribution in [0.3, 0.4) is 0 Å². The molecule has 0 aliphatic rings. The third kappa shape index (κ3) is 7.51. The third-order valence-electron chi connectivity index (χ3n) is 3.28. The Kier molecular flexibility index (Phi) is 7.79. The number of ether oxygens (including phenoxy) is 2. The van der Waals surface area contributed by atoms with Crippen molar-refractivity contribution in [2.45, 2.75) is 52.2 Å². The number of nitrogens with one attached hydrogen (secondary N) is 1. The van der Waals surface area contributed by atoms with Crippen molar-refractivity contribution in [3.63, 3.8) is 0 Å². The van der Waals surface area contributed by atoms with Gasteiger partial charge in [0.05, 0.1) is 6.61 Å². The van der Waals surface area contributed by atoms with E-state index in [9.17, 15) is 9.90 Å². The van der Waals surface area contributed by atoms with Crippen LogP contribution in [0.5, 0.6) is 0 Å². The lowest BCUT2D eigenvalue weighted by Crippen LogP contribution is -2.40. The van der Waals surface area contributed by atoms with Gasteiger partial charge in [-0.05, 0) is 46.1 Å². The Bertz CT molecular complexity index is 531. The zero-order valence-electron chi connectivity index (χ0n) is 15.1. The number of hydrogen-bond donors (Lipinski definition) is 2. The van der Waals surface area contributed by atoms with Gasteiger partial charge in [-0.15, -0.1) is 0 Å². The van der Waals surface area contributed by atoms with Gasteiger partial charge in [-0.3, -0.25) is 0 Å². The maximum atomic E-state index is 11.9. The largest absolute Gasteiger partial charge is 0.494 e. The van der Waals surface area contributed by atoms with Gasteiger partial charge in [0.2, 0.25) is 0 Å². The lowest BCUT2D eigenvalue weighted by Gasteiger charge is -2.23. The number of aliphatic hydroxyl groups excluding tert-OH is 1. The first-order valence-electron chi connectivity index (χ1n) is 8.26.